The van der Waals surface area contributed by atoms with Crippen LogP contribution >= 0.6 is 23.5 Å². The third kappa shape index (κ3) is 4.96. The van der Waals surface area contributed by atoms with Crippen LogP contribution in [0.1, 0.15) is 5.56 Å². The maximum atomic E-state index is 11.5. The summed E-state index contributed by atoms with van der Waals surface area (Å²) in [7, 11) is 0. The van der Waals surface area contributed by atoms with Gasteiger partial charge in [0.15, 0.2) is 0 Å². The molecule has 1 N–H and O–H groups in total. The average molecular weight is 293 g/mol. The fraction of sp³-hybridized carbons (Fsp3) is 0.143. The Hall–Kier alpha value is -1.46. The molecule has 0 spiro atoms. The summed E-state index contributed by atoms with van der Waals surface area (Å²) in [4.78, 5) is 15.5. The van der Waals surface area contributed by atoms with Crippen LogP contribution < -0.4 is 0 Å². The molecule has 100 valence electrons. The summed E-state index contributed by atoms with van der Waals surface area (Å²) in [6, 6.07) is 3.48. The van der Waals surface area contributed by atoms with Gasteiger partial charge in [0.2, 0.25) is 0 Å². The van der Waals surface area contributed by atoms with Gasteiger partial charge in [0.25, 0.3) is 0 Å². The summed E-state index contributed by atoms with van der Waals surface area (Å²) in [6.45, 7) is 7.31. The van der Waals surface area contributed by atoms with Gasteiger partial charge >= 0.3 is 5.97 Å². The Labute approximate surface area is 121 Å². The first-order valence-electron chi connectivity index (χ1n) is 5.56. The first kappa shape index (κ1) is 15.6. The van der Waals surface area contributed by atoms with Crippen LogP contribution in [0.3, 0.4) is 0 Å². The van der Waals surface area contributed by atoms with E-state index in [9.17, 15) is 9.90 Å². The van der Waals surface area contributed by atoms with Gasteiger partial charge in [-0.2, -0.15) is 0 Å². The minimum atomic E-state index is -0.948. The standard InChI is InChI=1S/C14H15NO2S2/c1-3-8-18-14(19-9-4-2)12(13(16)17)11-6-5-7-15-10-11/h3-7,10H,1-2,8-9H2,(H,16,17). The van der Waals surface area contributed by atoms with Gasteiger partial charge in [-0.1, -0.05) is 18.2 Å². The van der Waals surface area contributed by atoms with E-state index < -0.39 is 5.97 Å². The number of nitrogens with zero attached hydrogens (tertiary/aromatic N) is 1. The monoisotopic (exact) mass is 293 g/mol. The maximum Gasteiger partial charge on any atom is 0.338 e. The number of carbonyl (C=O) groups is 1. The SMILES string of the molecule is C=CCSC(SCC=C)=C(C(=O)O)c1cccnc1. The number of aliphatic carboxylic acids is 1. The normalized spacial score (nSPS) is 9.68. The third-order valence-electron chi connectivity index (χ3n) is 2.03. The van der Waals surface area contributed by atoms with Gasteiger partial charge in [0, 0.05) is 29.5 Å². The lowest BCUT2D eigenvalue weighted by Gasteiger charge is -2.10. The molecule has 1 heterocycles. The van der Waals surface area contributed by atoms with E-state index in [0.29, 0.717) is 17.1 Å². The van der Waals surface area contributed by atoms with Crippen LogP contribution in [0.15, 0.2) is 54.1 Å². The van der Waals surface area contributed by atoms with E-state index in [4.69, 9.17) is 0 Å². The van der Waals surface area contributed by atoms with E-state index in [0.717, 1.165) is 4.24 Å². The highest BCUT2D eigenvalue weighted by Gasteiger charge is 2.17. The molecule has 5 heteroatoms. The molecule has 0 fully saturated rings. The molecule has 19 heavy (non-hydrogen) atoms. The summed E-state index contributed by atoms with van der Waals surface area (Å²) < 4.78 is 0.750. The average Bonchev–Trinajstić information content (AvgIpc) is 2.42. The molecule has 0 saturated heterocycles. The number of hydrogen-bond acceptors (Lipinski definition) is 4. The summed E-state index contributed by atoms with van der Waals surface area (Å²) in [5, 5.41) is 9.43. The van der Waals surface area contributed by atoms with Gasteiger partial charge in [-0.05, 0) is 6.07 Å². The number of rotatable bonds is 8. The second-order valence-electron chi connectivity index (χ2n) is 3.41. The lowest BCUT2D eigenvalue weighted by atomic mass is 10.1. The van der Waals surface area contributed by atoms with E-state index >= 15 is 0 Å². The summed E-state index contributed by atoms with van der Waals surface area (Å²) >= 11 is 2.92. The summed E-state index contributed by atoms with van der Waals surface area (Å²) in [6.07, 6.45) is 6.69. The van der Waals surface area contributed by atoms with Crippen molar-refractivity contribution in [2.45, 2.75) is 0 Å². The minimum Gasteiger partial charge on any atom is -0.478 e. The lowest BCUT2D eigenvalue weighted by molar-refractivity contribution is -0.130. The van der Waals surface area contributed by atoms with Crippen molar-refractivity contribution >= 4 is 35.1 Å². The van der Waals surface area contributed by atoms with Crippen LogP contribution in [-0.4, -0.2) is 27.6 Å². The molecule has 0 bridgehead atoms. The van der Waals surface area contributed by atoms with Crippen molar-refractivity contribution in [2.24, 2.45) is 0 Å². The minimum absolute atomic E-state index is 0.284. The molecule has 0 aliphatic heterocycles. The van der Waals surface area contributed by atoms with E-state index in [2.05, 4.69) is 18.1 Å². The van der Waals surface area contributed by atoms with Crippen LogP contribution in [0, 0.1) is 0 Å². The van der Waals surface area contributed by atoms with E-state index in [1.807, 2.05) is 0 Å². The molecular weight excluding hydrogens is 278 g/mol. The predicted molar refractivity (Wildman–Crippen MR) is 84.1 cm³/mol. The molecular formula is C14H15NO2S2. The number of pyridine rings is 1. The molecule has 1 aromatic heterocycles. The first-order chi connectivity index (χ1) is 9.20. The number of carboxylic acids is 1. The topological polar surface area (TPSA) is 50.2 Å². The van der Waals surface area contributed by atoms with Crippen LogP contribution in [0.4, 0.5) is 0 Å². The van der Waals surface area contributed by atoms with Crippen molar-refractivity contribution in [1.29, 1.82) is 0 Å². The number of carboxylic acid groups (broad SMARTS) is 1. The lowest BCUT2D eigenvalue weighted by Crippen LogP contribution is -2.02. The highest BCUT2D eigenvalue weighted by molar-refractivity contribution is 8.22. The van der Waals surface area contributed by atoms with Gasteiger partial charge in [-0.15, -0.1) is 36.7 Å². The molecule has 1 rings (SSSR count). The van der Waals surface area contributed by atoms with Crippen LogP contribution in [0.25, 0.3) is 5.57 Å². The predicted octanol–water partition coefficient (Wildman–Crippen LogP) is 3.67. The molecule has 0 amide bonds. The molecule has 1 aromatic rings. The van der Waals surface area contributed by atoms with Gasteiger partial charge in [0.1, 0.15) is 0 Å². The fourth-order valence-electron chi connectivity index (χ4n) is 1.29. The van der Waals surface area contributed by atoms with Crippen LogP contribution in [0.5, 0.6) is 0 Å². The molecule has 0 unspecified atom stereocenters. The molecule has 0 aromatic carbocycles. The van der Waals surface area contributed by atoms with E-state index in [1.54, 1.807) is 36.7 Å². The Morgan fingerprint density at radius 3 is 2.37 bits per heavy atom. The Bertz CT molecular complexity index is 469. The van der Waals surface area contributed by atoms with Gasteiger partial charge in [-0.3, -0.25) is 4.98 Å². The smallest absolute Gasteiger partial charge is 0.338 e. The molecule has 0 atom stereocenters. The van der Waals surface area contributed by atoms with Crippen LogP contribution in [0.2, 0.25) is 0 Å². The van der Waals surface area contributed by atoms with Gasteiger partial charge in [-0.25, -0.2) is 4.79 Å². The van der Waals surface area contributed by atoms with Crippen molar-refractivity contribution < 1.29 is 9.90 Å². The van der Waals surface area contributed by atoms with E-state index in [-0.39, 0.29) is 5.57 Å². The molecule has 0 aliphatic rings. The quantitative estimate of drug-likeness (QED) is 0.585. The van der Waals surface area contributed by atoms with Crippen molar-refractivity contribution in [3.05, 3.63) is 59.6 Å². The molecule has 0 aliphatic carbocycles. The Kier molecular flexibility index (Phi) is 7.07. The van der Waals surface area contributed by atoms with Crippen LogP contribution in [-0.2, 0) is 4.79 Å². The number of thioether (sulfide) groups is 2. The van der Waals surface area contributed by atoms with Gasteiger partial charge < -0.3 is 5.11 Å². The zero-order chi connectivity index (χ0) is 14.1. The van der Waals surface area contributed by atoms with Crippen molar-refractivity contribution in [3.8, 4) is 0 Å². The summed E-state index contributed by atoms with van der Waals surface area (Å²) in [5.74, 6) is 0.378. The third-order valence-corrected chi connectivity index (χ3v) is 4.48. The first-order valence-corrected chi connectivity index (χ1v) is 7.53. The maximum absolute atomic E-state index is 11.5. The van der Waals surface area contributed by atoms with Crippen molar-refractivity contribution in [3.63, 3.8) is 0 Å². The Morgan fingerprint density at radius 1 is 1.32 bits per heavy atom. The zero-order valence-corrected chi connectivity index (χ0v) is 12.0. The fourth-order valence-corrected chi connectivity index (χ4v) is 3.27. The molecule has 3 nitrogen and oxygen atoms in total. The molecule has 0 saturated carbocycles. The second-order valence-corrected chi connectivity index (χ2v) is 5.73. The Balaban J connectivity index is 3.19. The molecule has 0 radical (unpaired) electrons. The number of hydrogen-bond donors (Lipinski definition) is 1. The largest absolute Gasteiger partial charge is 0.478 e. The highest BCUT2D eigenvalue weighted by atomic mass is 32.2. The Morgan fingerprint density at radius 2 is 1.95 bits per heavy atom. The highest BCUT2D eigenvalue weighted by Crippen LogP contribution is 2.36. The van der Waals surface area contributed by atoms with Crippen molar-refractivity contribution in [2.75, 3.05) is 11.5 Å². The van der Waals surface area contributed by atoms with E-state index in [1.165, 1.54) is 23.5 Å². The zero-order valence-electron chi connectivity index (χ0n) is 10.4. The van der Waals surface area contributed by atoms with Gasteiger partial charge in [0.05, 0.1) is 9.81 Å². The number of aromatic nitrogens is 1. The van der Waals surface area contributed by atoms with Crippen molar-refractivity contribution in [1.82, 2.24) is 4.98 Å². The second kappa shape index (κ2) is 8.61. The summed E-state index contributed by atoms with van der Waals surface area (Å²) in [5.41, 5.74) is 0.893.